The Balaban J connectivity index is 0.000000203. The number of fused-ring (bicyclic) bond motifs is 3. The van der Waals surface area contributed by atoms with Crippen molar-refractivity contribution in [3.8, 4) is 51.4 Å². The Morgan fingerprint density at radius 3 is 1.02 bits per heavy atom. The summed E-state index contributed by atoms with van der Waals surface area (Å²) < 4.78 is 108. The Kier molecular flexibility index (Phi) is 34.0. The molecule has 3 aromatic carbocycles. The summed E-state index contributed by atoms with van der Waals surface area (Å²) >= 11 is 0. The maximum Gasteiger partial charge on any atom is 0.294 e. The summed E-state index contributed by atoms with van der Waals surface area (Å²) in [4.78, 5) is 147. The number of sulfonamides is 3. The molecule has 0 amide bonds. The summed E-state index contributed by atoms with van der Waals surface area (Å²) in [5.74, 6) is -0.0101. The molecule has 12 rings (SSSR count). The molecule has 0 saturated carbocycles. The van der Waals surface area contributed by atoms with Gasteiger partial charge in [0, 0.05) is 77.1 Å². The predicted octanol–water partition coefficient (Wildman–Crippen LogP) is 7.57. The smallest absolute Gasteiger partial charge is 0.294 e. The van der Waals surface area contributed by atoms with Gasteiger partial charge >= 0.3 is 0 Å². The van der Waals surface area contributed by atoms with Crippen molar-refractivity contribution < 1.29 is 104 Å². The molecule has 3 aliphatic rings. The normalized spacial score (nSPS) is 15.4. The number of aliphatic hydroxyl groups is 2. The summed E-state index contributed by atoms with van der Waals surface area (Å²) in [7, 11) is -7.21. The highest BCUT2D eigenvalue weighted by atomic mass is 32.2. The predicted molar refractivity (Wildman–Crippen MR) is 467 cm³/mol. The number of nitrogens with zero attached hydrogens (tertiary/aromatic N) is 14. The number of rotatable bonds is 41. The van der Waals surface area contributed by atoms with Gasteiger partial charge in [-0.15, -0.1) is 40.5 Å². The Morgan fingerprint density at radius 1 is 0.469 bits per heavy atom. The number of aryl methyl sites for hydroxylation is 6. The molecular weight excluding hydrogens is 1770 g/mol. The van der Waals surface area contributed by atoms with Gasteiger partial charge < -0.3 is 77.6 Å². The number of oxime groups is 1. The largest absolute Gasteiger partial charge is 0.493 e. The minimum Gasteiger partial charge on any atom is -0.493 e. The van der Waals surface area contributed by atoms with E-state index in [0.717, 1.165) is 19.1 Å². The van der Waals surface area contributed by atoms with Crippen LogP contribution in [0.2, 0.25) is 0 Å². The maximum absolute atomic E-state index is 13.8. The van der Waals surface area contributed by atoms with E-state index in [4.69, 9.17) is 24.2 Å². The van der Waals surface area contributed by atoms with Gasteiger partial charge in [-0.2, -0.15) is 12.9 Å². The average Bonchev–Trinajstić information content (AvgIpc) is 1.59. The van der Waals surface area contributed by atoms with Crippen molar-refractivity contribution in [1.29, 1.82) is 0 Å². The fraction of sp³-hybridized carbons (Fsp3) is 0.519. The van der Waals surface area contributed by atoms with Crippen LogP contribution in [-0.2, 0) is 89.8 Å². The number of ether oxygens (including phenoxy) is 3. The standard InChI is InChI=1S/C27H35N7O11S.C27H34N6O11S.C27H36N4O7S/c1-4-6-19-21(15-28-36)31(3)25-24(19)29-26(30-27(25)35)20-14-18(7-8-22(20)43-13-5-2)46(41,42)32-11-9-17(10-12-32)23(45-34(39)40)16-44-33(37)38;1-4-6-19-21(15-34)30(3)25-24(19)28-26(29-27(25)35)20-14-18(7-8-22(20)42-13-5-2)45(40,41)31-11-9-17(10-12-31)23(44-33(38)39)16-43-32(36)37;1-4-6-19-21(15-32)30(3)25-24(19)28-26(29-27(25)35)20-14-18(7-8-23(20)38-13-5-2)39(36,37)31-11-9-17(10-12-31)22(34)16-33/h7-8,14-15,17,23,36H,4-6,9-13,16H2,1-3H3,(H,29,30,35);7-8,14-15,17,23H,4-6,9-13,16H2,1-3H3,(H,28,29,35);7-8,14-15,17,22,33-34H,4-6,9-13,16H2,1-3H3,(H,28,29,35)/b28-15+;;/t2*23-;22-/m111/s1. The topological polar surface area (TPSA) is 609 Å². The molecule has 0 unspecified atom stereocenters. The molecular formula is C81H105N17O29S3. The number of aromatic amines is 3. The molecule has 3 fully saturated rings. The highest BCUT2D eigenvalue weighted by Crippen LogP contribution is 2.40. The number of aldehydes is 2. The zero-order valence-electron chi connectivity index (χ0n) is 72.9. The van der Waals surface area contributed by atoms with Crippen LogP contribution < -0.4 is 30.9 Å². The average molecular weight is 1880 g/mol. The van der Waals surface area contributed by atoms with E-state index >= 15 is 0 Å². The molecule has 6 aromatic heterocycles. The molecule has 9 aromatic rings. The second-order valence-corrected chi connectivity index (χ2v) is 36.9. The van der Waals surface area contributed by atoms with E-state index in [9.17, 15) is 105 Å². The maximum atomic E-state index is 13.8. The second-order valence-electron chi connectivity index (χ2n) is 31.1. The first-order chi connectivity index (χ1) is 62.0. The third-order valence-corrected chi connectivity index (χ3v) is 28.5. The number of hydrogen-bond donors (Lipinski definition) is 6. The first-order valence-corrected chi connectivity index (χ1v) is 46.5. The number of carbonyl (C=O) groups is 2. The van der Waals surface area contributed by atoms with Gasteiger partial charge in [-0.1, -0.05) is 66.0 Å². The zero-order chi connectivity index (χ0) is 94.8. The quantitative estimate of drug-likeness (QED) is 0.00707. The number of aromatic nitrogens is 9. The van der Waals surface area contributed by atoms with E-state index < -0.39 is 110 Å². The minimum atomic E-state index is -4.11. The van der Waals surface area contributed by atoms with Gasteiger partial charge in [-0.3, -0.25) is 24.0 Å². The Hall–Kier alpha value is -12.4. The van der Waals surface area contributed by atoms with Crippen molar-refractivity contribution in [1.82, 2.24) is 56.5 Å². The summed E-state index contributed by atoms with van der Waals surface area (Å²) in [6, 6.07) is 13.0. The third kappa shape index (κ3) is 22.3. The molecule has 0 bridgehead atoms. The molecule has 9 heterocycles. The van der Waals surface area contributed by atoms with E-state index in [1.807, 2.05) is 41.5 Å². The van der Waals surface area contributed by atoms with Gasteiger partial charge in [-0.05, 0) is 149 Å². The molecule has 0 aliphatic carbocycles. The number of hydrogen-bond acceptors (Lipinski definition) is 33. The van der Waals surface area contributed by atoms with Crippen molar-refractivity contribution in [2.24, 2.45) is 44.1 Å². The molecule has 706 valence electrons. The SMILES string of the molecule is CCCOc1ccc(S(=O)(=O)N2CCC([C@@H](CO[N+](=O)[O-])O[N+](=O)[O-])CC2)cc1-c1nc2c(CCC)c(/C=N/O)n(C)c2c(=O)[nH]1.CCCOc1ccc(S(=O)(=O)N2CCC([C@@H](CO[N+](=O)[O-])O[N+](=O)[O-])CC2)cc1-c1nc2c(CCC)c(C=O)n(C)c2c(=O)[nH]1.CCCOc1ccc(S(=O)(=O)N2CCC([C@H](O)CO)CC2)cc1-c1nc2c(CCC)c(C=O)n(C)c2c(=O)[nH]1. The molecule has 130 heavy (non-hydrogen) atoms. The van der Waals surface area contributed by atoms with Crippen molar-refractivity contribution in [2.75, 3.05) is 78.9 Å². The van der Waals surface area contributed by atoms with Crippen LogP contribution in [0, 0.1) is 58.2 Å². The van der Waals surface area contributed by atoms with Crippen LogP contribution in [0.15, 0.2) is 88.8 Å². The number of benzene rings is 3. The van der Waals surface area contributed by atoms with Crippen molar-refractivity contribution in [3.05, 3.63) is 160 Å². The molecule has 49 heteroatoms. The summed E-state index contributed by atoms with van der Waals surface area (Å²) in [5.41, 5.74) is 4.43. The number of carbonyl (C=O) groups excluding carboxylic acids is 2. The molecule has 3 saturated heterocycles. The van der Waals surface area contributed by atoms with Crippen LogP contribution in [-0.4, -0.2) is 234 Å². The lowest BCUT2D eigenvalue weighted by Gasteiger charge is -2.34. The first-order valence-electron chi connectivity index (χ1n) is 42.2. The van der Waals surface area contributed by atoms with E-state index in [1.54, 1.807) is 31.8 Å². The fourth-order valence-corrected chi connectivity index (χ4v) is 20.8. The second kappa shape index (κ2) is 44.3. The number of nitrogens with one attached hydrogen (secondary N) is 3. The summed E-state index contributed by atoms with van der Waals surface area (Å²) in [5, 5.41) is 70.4. The number of H-pyrrole nitrogens is 3. The van der Waals surface area contributed by atoms with Gasteiger partial charge in [0.15, 0.2) is 12.6 Å². The van der Waals surface area contributed by atoms with Crippen molar-refractivity contribution in [2.45, 2.75) is 171 Å². The lowest BCUT2D eigenvalue weighted by atomic mass is 9.92. The zero-order valence-corrected chi connectivity index (χ0v) is 75.4. The van der Waals surface area contributed by atoms with Crippen LogP contribution in [0.4, 0.5) is 0 Å². The molecule has 46 nitrogen and oxygen atoms in total. The van der Waals surface area contributed by atoms with Crippen LogP contribution in [0.25, 0.3) is 67.3 Å². The van der Waals surface area contributed by atoms with Crippen LogP contribution in [0.1, 0.15) is 162 Å². The van der Waals surface area contributed by atoms with Crippen LogP contribution >= 0.6 is 0 Å². The molecule has 3 atom stereocenters. The lowest BCUT2D eigenvalue weighted by molar-refractivity contribution is -0.791. The Bertz CT molecular complexity index is 6210. The number of aliphatic hydroxyl groups excluding tert-OH is 2. The monoisotopic (exact) mass is 1880 g/mol. The highest BCUT2D eigenvalue weighted by Gasteiger charge is 2.40. The Morgan fingerprint density at radius 2 is 0.762 bits per heavy atom. The van der Waals surface area contributed by atoms with Gasteiger partial charge in [-0.25, -0.2) is 40.2 Å². The lowest BCUT2D eigenvalue weighted by Crippen LogP contribution is -2.43. The molecule has 3 aliphatic heterocycles. The van der Waals surface area contributed by atoms with Crippen molar-refractivity contribution in [3.63, 3.8) is 0 Å². The molecule has 0 spiro atoms. The first kappa shape index (κ1) is 99.7. The van der Waals surface area contributed by atoms with Crippen LogP contribution in [0.3, 0.4) is 0 Å². The van der Waals surface area contributed by atoms with E-state index in [1.165, 1.54) is 76.8 Å². The molecule has 0 radical (unpaired) electrons. The van der Waals surface area contributed by atoms with Gasteiger partial charge in [0.05, 0.1) is 87.2 Å². The van der Waals surface area contributed by atoms with E-state index in [2.05, 4.69) is 44.4 Å². The summed E-state index contributed by atoms with van der Waals surface area (Å²) in [6.45, 7) is 11.2. The highest BCUT2D eigenvalue weighted by molar-refractivity contribution is 7.89. The third-order valence-electron chi connectivity index (χ3n) is 22.8. The van der Waals surface area contributed by atoms with Gasteiger partial charge in [0.1, 0.15) is 93.2 Å². The van der Waals surface area contributed by atoms with Gasteiger partial charge in [0.2, 0.25) is 30.1 Å². The number of piperidine rings is 3. The Labute approximate surface area is 744 Å². The van der Waals surface area contributed by atoms with E-state index in [0.29, 0.717) is 157 Å². The molecule has 6 N–H and O–H groups in total. The van der Waals surface area contributed by atoms with Crippen LogP contribution in [0.5, 0.6) is 17.2 Å². The van der Waals surface area contributed by atoms with Gasteiger partial charge in [0.25, 0.3) is 37.0 Å². The van der Waals surface area contributed by atoms with E-state index in [-0.39, 0.29) is 137 Å². The summed E-state index contributed by atoms with van der Waals surface area (Å²) in [6.07, 6.45) is 6.43. The van der Waals surface area contributed by atoms with Crippen molar-refractivity contribution >= 4 is 82.0 Å². The fourth-order valence-electron chi connectivity index (χ4n) is 16.3. The minimum absolute atomic E-state index is 0.0284.